The molecule has 0 bridgehead atoms. The average molecular weight is 305 g/mol. The van der Waals surface area contributed by atoms with Gasteiger partial charge in [-0.15, -0.1) is 0 Å². The van der Waals surface area contributed by atoms with Gasteiger partial charge in [0.2, 0.25) is 0 Å². The number of hydrogen-bond acceptors (Lipinski definition) is 4. The zero-order valence-electron chi connectivity index (χ0n) is 12.1. The molecule has 0 aliphatic carbocycles. The summed E-state index contributed by atoms with van der Waals surface area (Å²) in [7, 11) is -3.63. The van der Waals surface area contributed by atoms with Crippen molar-refractivity contribution in [3.8, 4) is 0 Å². The average Bonchev–Trinajstić information content (AvgIpc) is 2.45. The summed E-state index contributed by atoms with van der Waals surface area (Å²) in [4.78, 5) is 4.30. The third kappa shape index (κ3) is 3.95. The number of nitrogens with zero attached hydrogens (tertiary/aromatic N) is 1. The molecular formula is C15H19N3O2S. The van der Waals surface area contributed by atoms with Crippen LogP contribution in [0.2, 0.25) is 0 Å². The summed E-state index contributed by atoms with van der Waals surface area (Å²) in [5, 5.41) is 3.13. The van der Waals surface area contributed by atoms with Gasteiger partial charge in [0.1, 0.15) is 4.90 Å². The second-order valence-corrected chi connectivity index (χ2v) is 6.37. The summed E-state index contributed by atoms with van der Waals surface area (Å²) < 4.78 is 27.6. The highest BCUT2D eigenvalue weighted by molar-refractivity contribution is 7.92. The molecule has 21 heavy (non-hydrogen) atoms. The lowest BCUT2D eigenvalue weighted by Gasteiger charge is -2.13. The van der Waals surface area contributed by atoms with Crippen LogP contribution in [0.3, 0.4) is 0 Å². The van der Waals surface area contributed by atoms with Crippen molar-refractivity contribution in [2.24, 2.45) is 0 Å². The standard InChI is InChI=1S/C15H19N3O2S/c1-3-9-17-14-6-4-5-7-15(14)21(19,20)18-13-8-10-16-12(2)11-13/h4-8,10-11,17H,3,9H2,1-2H3,(H,16,18). The summed E-state index contributed by atoms with van der Waals surface area (Å²) in [5.41, 5.74) is 1.87. The summed E-state index contributed by atoms with van der Waals surface area (Å²) in [6.45, 7) is 4.57. The molecule has 1 heterocycles. The van der Waals surface area contributed by atoms with Gasteiger partial charge in [-0.25, -0.2) is 8.42 Å². The zero-order valence-corrected chi connectivity index (χ0v) is 12.9. The highest BCUT2D eigenvalue weighted by Crippen LogP contribution is 2.23. The maximum Gasteiger partial charge on any atom is 0.263 e. The minimum absolute atomic E-state index is 0.243. The fourth-order valence-corrected chi connectivity index (χ4v) is 3.16. The van der Waals surface area contributed by atoms with Crippen molar-refractivity contribution in [2.45, 2.75) is 25.2 Å². The molecule has 0 amide bonds. The number of para-hydroxylation sites is 1. The van der Waals surface area contributed by atoms with E-state index in [4.69, 9.17) is 0 Å². The minimum Gasteiger partial charge on any atom is -0.384 e. The molecule has 0 saturated carbocycles. The molecule has 0 aliphatic heterocycles. The first-order chi connectivity index (χ1) is 10.0. The third-order valence-corrected chi connectivity index (χ3v) is 4.33. The Balaban J connectivity index is 2.31. The largest absolute Gasteiger partial charge is 0.384 e. The van der Waals surface area contributed by atoms with E-state index in [2.05, 4.69) is 15.0 Å². The van der Waals surface area contributed by atoms with Gasteiger partial charge in [-0.05, 0) is 37.6 Å². The molecule has 5 nitrogen and oxygen atoms in total. The Morgan fingerprint density at radius 1 is 1.19 bits per heavy atom. The van der Waals surface area contributed by atoms with E-state index in [1.165, 1.54) is 0 Å². The highest BCUT2D eigenvalue weighted by Gasteiger charge is 2.18. The van der Waals surface area contributed by atoms with Crippen LogP contribution >= 0.6 is 0 Å². The second kappa shape index (κ2) is 6.58. The van der Waals surface area contributed by atoms with Crippen LogP contribution in [0.25, 0.3) is 0 Å². The van der Waals surface area contributed by atoms with Crippen LogP contribution in [0.5, 0.6) is 0 Å². The quantitative estimate of drug-likeness (QED) is 0.860. The molecule has 112 valence electrons. The molecule has 2 N–H and O–H groups in total. The van der Waals surface area contributed by atoms with Gasteiger partial charge in [-0.1, -0.05) is 19.1 Å². The van der Waals surface area contributed by atoms with Crippen LogP contribution in [0, 0.1) is 6.92 Å². The van der Waals surface area contributed by atoms with E-state index in [0.29, 0.717) is 11.4 Å². The van der Waals surface area contributed by atoms with E-state index in [0.717, 1.165) is 18.7 Å². The van der Waals surface area contributed by atoms with E-state index in [1.807, 2.05) is 19.9 Å². The number of sulfonamides is 1. The van der Waals surface area contributed by atoms with Crippen LogP contribution in [0.15, 0.2) is 47.5 Å². The molecule has 0 radical (unpaired) electrons. The van der Waals surface area contributed by atoms with Crippen molar-refractivity contribution in [2.75, 3.05) is 16.6 Å². The van der Waals surface area contributed by atoms with Gasteiger partial charge < -0.3 is 5.32 Å². The monoisotopic (exact) mass is 305 g/mol. The van der Waals surface area contributed by atoms with Gasteiger partial charge in [0.25, 0.3) is 10.0 Å². The summed E-state index contributed by atoms with van der Waals surface area (Å²) in [6, 6.07) is 10.2. The predicted molar refractivity (Wildman–Crippen MR) is 85.0 cm³/mol. The Kier molecular flexibility index (Phi) is 4.80. The summed E-state index contributed by atoms with van der Waals surface area (Å²) >= 11 is 0. The molecule has 0 saturated heterocycles. The van der Waals surface area contributed by atoms with Gasteiger partial charge in [0, 0.05) is 18.4 Å². The van der Waals surface area contributed by atoms with Crippen molar-refractivity contribution in [1.82, 2.24) is 4.98 Å². The molecule has 1 aromatic heterocycles. The smallest absolute Gasteiger partial charge is 0.263 e. The van der Waals surface area contributed by atoms with Crippen molar-refractivity contribution in [3.05, 3.63) is 48.3 Å². The fourth-order valence-electron chi connectivity index (χ4n) is 1.93. The number of aryl methyl sites for hydroxylation is 1. The highest BCUT2D eigenvalue weighted by atomic mass is 32.2. The van der Waals surface area contributed by atoms with E-state index in [9.17, 15) is 8.42 Å². The number of pyridine rings is 1. The van der Waals surface area contributed by atoms with Crippen molar-refractivity contribution in [1.29, 1.82) is 0 Å². The Morgan fingerprint density at radius 3 is 2.67 bits per heavy atom. The molecule has 0 unspecified atom stereocenters. The Hall–Kier alpha value is -2.08. The minimum atomic E-state index is -3.63. The van der Waals surface area contributed by atoms with Crippen molar-refractivity contribution >= 4 is 21.4 Å². The lowest BCUT2D eigenvalue weighted by Crippen LogP contribution is -2.15. The topological polar surface area (TPSA) is 71.1 Å². The molecule has 0 atom stereocenters. The second-order valence-electron chi connectivity index (χ2n) is 4.71. The van der Waals surface area contributed by atoms with Crippen LogP contribution in [-0.2, 0) is 10.0 Å². The van der Waals surface area contributed by atoms with Gasteiger partial charge in [0.05, 0.1) is 11.4 Å². The lowest BCUT2D eigenvalue weighted by atomic mass is 10.3. The zero-order chi connectivity index (χ0) is 15.3. The predicted octanol–water partition coefficient (Wildman–Crippen LogP) is 3.01. The van der Waals surface area contributed by atoms with Crippen LogP contribution in [0.4, 0.5) is 11.4 Å². The maximum atomic E-state index is 12.5. The number of rotatable bonds is 6. The van der Waals surface area contributed by atoms with Gasteiger partial charge in [-0.3, -0.25) is 9.71 Å². The number of benzene rings is 1. The van der Waals surface area contributed by atoms with Gasteiger partial charge in [0.15, 0.2) is 0 Å². The molecule has 0 spiro atoms. The van der Waals surface area contributed by atoms with Crippen molar-refractivity contribution < 1.29 is 8.42 Å². The molecule has 0 aliphatic rings. The number of anilines is 2. The first-order valence-corrected chi connectivity index (χ1v) is 8.29. The number of aromatic nitrogens is 1. The third-order valence-electron chi connectivity index (χ3n) is 2.89. The Morgan fingerprint density at radius 2 is 1.95 bits per heavy atom. The number of nitrogens with one attached hydrogen (secondary N) is 2. The van der Waals surface area contributed by atoms with E-state index in [1.54, 1.807) is 36.5 Å². The van der Waals surface area contributed by atoms with Crippen LogP contribution in [0.1, 0.15) is 19.0 Å². The van der Waals surface area contributed by atoms with E-state index < -0.39 is 10.0 Å². The van der Waals surface area contributed by atoms with E-state index >= 15 is 0 Å². The summed E-state index contributed by atoms with van der Waals surface area (Å²) in [6.07, 6.45) is 2.50. The molecule has 2 rings (SSSR count). The molecule has 1 aromatic carbocycles. The molecular weight excluding hydrogens is 286 g/mol. The molecule has 2 aromatic rings. The first kappa shape index (κ1) is 15.3. The SMILES string of the molecule is CCCNc1ccccc1S(=O)(=O)Nc1ccnc(C)c1. The maximum absolute atomic E-state index is 12.5. The van der Waals surface area contributed by atoms with Gasteiger partial charge in [-0.2, -0.15) is 0 Å². The van der Waals surface area contributed by atoms with Crippen LogP contribution < -0.4 is 10.0 Å². The van der Waals surface area contributed by atoms with Crippen molar-refractivity contribution in [3.63, 3.8) is 0 Å². The van der Waals surface area contributed by atoms with Gasteiger partial charge >= 0.3 is 0 Å². The first-order valence-electron chi connectivity index (χ1n) is 6.81. The van der Waals surface area contributed by atoms with E-state index in [-0.39, 0.29) is 4.90 Å². The normalized spacial score (nSPS) is 11.1. The molecule has 6 heteroatoms. The fraction of sp³-hybridized carbons (Fsp3) is 0.267. The Labute approximate surface area is 125 Å². The molecule has 0 fully saturated rings. The van der Waals surface area contributed by atoms with Crippen LogP contribution in [-0.4, -0.2) is 19.9 Å². The summed E-state index contributed by atoms with van der Waals surface area (Å²) in [5.74, 6) is 0. The number of hydrogen-bond donors (Lipinski definition) is 2. The Bertz CT molecular complexity index is 714. The lowest BCUT2D eigenvalue weighted by molar-refractivity contribution is 0.601.